The molecule has 0 radical (unpaired) electrons. The maximum absolute atomic E-state index is 13.8. The van der Waals surface area contributed by atoms with Crippen molar-refractivity contribution in [3.63, 3.8) is 0 Å². The van der Waals surface area contributed by atoms with Crippen molar-refractivity contribution in [3.8, 4) is 11.4 Å². The number of aromatic nitrogens is 3. The number of nitrogens with zero attached hydrogens (tertiary/aromatic N) is 3. The van der Waals surface area contributed by atoms with E-state index >= 15 is 0 Å². The molecule has 2 atom stereocenters. The molecule has 0 saturated heterocycles. The number of nitrogens with one attached hydrogen (secondary N) is 1. The van der Waals surface area contributed by atoms with Gasteiger partial charge >= 0.3 is 5.97 Å². The quantitative estimate of drug-likeness (QED) is 0.214. The Morgan fingerprint density at radius 3 is 2.53 bits per heavy atom. The van der Waals surface area contributed by atoms with Crippen LogP contribution in [-0.2, 0) is 34.4 Å². The van der Waals surface area contributed by atoms with Crippen LogP contribution in [-0.4, -0.2) is 51.6 Å². The van der Waals surface area contributed by atoms with Gasteiger partial charge in [0.15, 0.2) is 0 Å². The molecule has 43 heavy (non-hydrogen) atoms. The number of fused-ring (bicyclic) bond motifs is 1. The molecule has 1 saturated carbocycles. The fraction of sp³-hybridized carbons (Fsp3) is 0.618. The second-order valence-electron chi connectivity index (χ2n) is 11.8. The Morgan fingerprint density at radius 2 is 1.91 bits per heavy atom. The summed E-state index contributed by atoms with van der Waals surface area (Å²) in [7, 11) is 1.75. The highest BCUT2D eigenvalue weighted by atomic mass is 19.1. The van der Waals surface area contributed by atoms with E-state index in [2.05, 4.69) is 30.7 Å². The van der Waals surface area contributed by atoms with E-state index in [0.29, 0.717) is 31.2 Å². The van der Waals surface area contributed by atoms with E-state index < -0.39 is 18.7 Å². The number of halogens is 1. The normalized spacial score (nSPS) is 15.0. The Kier molecular flexibility index (Phi) is 13.4. The van der Waals surface area contributed by atoms with Gasteiger partial charge in [-0.1, -0.05) is 40.7 Å². The van der Waals surface area contributed by atoms with Crippen molar-refractivity contribution < 1.29 is 18.7 Å². The number of alkyl halides is 1. The summed E-state index contributed by atoms with van der Waals surface area (Å²) >= 11 is 0. The summed E-state index contributed by atoms with van der Waals surface area (Å²) in [5.41, 5.74) is 4.09. The van der Waals surface area contributed by atoms with Gasteiger partial charge in [0, 0.05) is 37.5 Å². The van der Waals surface area contributed by atoms with Crippen molar-refractivity contribution >= 4 is 17.0 Å². The van der Waals surface area contributed by atoms with E-state index in [1.54, 1.807) is 11.6 Å². The van der Waals surface area contributed by atoms with Crippen molar-refractivity contribution in [2.75, 3.05) is 13.3 Å². The molecule has 0 bridgehead atoms. The Morgan fingerprint density at radius 1 is 1.19 bits per heavy atom. The minimum atomic E-state index is -1.000. The number of imidazole rings is 1. The van der Waals surface area contributed by atoms with Gasteiger partial charge in [-0.15, -0.1) is 0 Å². The molecule has 0 amide bonds. The third-order valence-corrected chi connectivity index (χ3v) is 7.69. The molecule has 3 aromatic rings. The molecule has 2 unspecified atom stereocenters. The van der Waals surface area contributed by atoms with Crippen LogP contribution in [0.5, 0.6) is 0 Å². The fourth-order valence-electron chi connectivity index (χ4n) is 5.59. The molecular weight excluding hydrogens is 547 g/mol. The predicted octanol–water partition coefficient (Wildman–Crippen LogP) is 6.49. The number of hydrogen-bond donors (Lipinski definition) is 1. The molecule has 4 rings (SSSR count). The summed E-state index contributed by atoms with van der Waals surface area (Å²) < 4.78 is 29.3. The van der Waals surface area contributed by atoms with Crippen LogP contribution in [0.3, 0.4) is 0 Å². The van der Waals surface area contributed by atoms with E-state index in [0.717, 1.165) is 66.5 Å². The van der Waals surface area contributed by atoms with Gasteiger partial charge in [0.25, 0.3) is 5.56 Å². The Balaban J connectivity index is 0.00000248. The minimum Gasteiger partial charge on any atom is -0.461 e. The zero-order valence-electron chi connectivity index (χ0n) is 27.1. The first-order valence-electron chi connectivity index (χ1n) is 16.0. The van der Waals surface area contributed by atoms with Crippen LogP contribution in [0.1, 0.15) is 84.3 Å². The topological polar surface area (TPSA) is 87.4 Å². The van der Waals surface area contributed by atoms with Crippen LogP contribution in [0.15, 0.2) is 35.3 Å². The number of hydrogen-bond acceptors (Lipinski definition) is 6. The Labute approximate surface area is 256 Å². The molecule has 1 aliphatic rings. The molecule has 0 spiro atoms. The number of carbonyl (C=O) groups is 1. The van der Waals surface area contributed by atoms with Crippen LogP contribution >= 0.6 is 0 Å². The third kappa shape index (κ3) is 9.22. The molecule has 2 aromatic heterocycles. The summed E-state index contributed by atoms with van der Waals surface area (Å²) in [6.45, 7) is 13.1. The number of carbonyl (C=O) groups excluding carboxylic acids is 1. The number of benzene rings is 1. The molecule has 1 N–H and O–H groups in total. The lowest BCUT2D eigenvalue weighted by Crippen LogP contribution is -2.40. The zero-order valence-corrected chi connectivity index (χ0v) is 27.1. The SMILES string of the molecule is CC.CCCOC(CC(C)C)Cn1c(-c2cc(C)c(=O)n(C)c2)nc2cc(CNC(CF)C(=O)OC3CCCC3)ccc21. The van der Waals surface area contributed by atoms with Crippen LogP contribution < -0.4 is 10.9 Å². The maximum atomic E-state index is 13.8. The van der Waals surface area contributed by atoms with Gasteiger partial charge in [-0.2, -0.15) is 0 Å². The highest BCUT2D eigenvalue weighted by molar-refractivity contribution is 5.81. The highest BCUT2D eigenvalue weighted by Crippen LogP contribution is 2.28. The molecule has 8 nitrogen and oxygen atoms in total. The van der Waals surface area contributed by atoms with E-state index in [1.165, 1.54) is 0 Å². The van der Waals surface area contributed by atoms with Gasteiger partial charge < -0.3 is 18.6 Å². The van der Waals surface area contributed by atoms with Crippen molar-refractivity contribution in [1.29, 1.82) is 0 Å². The lowest BCUT2D eigenvalue weighted by molar-refractivity contribution is -0.151. The van der Waals surface area contributed by atoms with Crippen LogP contribution in [0, 0.1) is 12.8 Å². The summed E-state index contributed by atoms with van der Waals surface area (Å²) in [5, 5.41) is 3.03. The van der Waals surface area contributed by atoms with E-state index in [1.807, 2.05) is 51.2 Å². The Hall–Kier alpha value is -3.04. The number of rotatable bonds is 14. The first kappa shape index (κ1) is 34.5. The molecule has 1 fully saturated rings. The third-order valence-electron chi connectivity index (χ3n) is 7.69. The molecule has 9 heteroatoms. The Bertz CT molecular complexity index is 1350. The van der Waals surface area contributed by atoms with Crippen molar-refractivity contribution in [2.24, 2.45) is 13.0 Å². The number of pyridine rings is 1. The fourth-order valence-corrected chi connectivity index (χ4v) is 5.59. The summed E-state index contributed by atoms with van der Waals surface area (Å²) in [4.78, 5) is 30.0. The lowest BCUT2D eigenvalue weighted by Gasteiger charge is -2.22. The second-order valence-corrected chi connectivity index (χ2v) is 11.8. The summed E-state index contributed by atoms with van der Waals surface area (Å²) in [5.74, 6) is 0.705. The van der Waals surface area contributed by atoms with Gasteiger partial charge in [0.1, 0.15) is 24.6 Å². The number of aryl methyl sites for hydroxylation is 2. The van der Waals surface area contributed by atoms with Gasteiger partial charge in [-0.25, -0.2) is 9.37 Å². The average Bonchev–Trinajstić information content (AvgIpc) is 3.63. The predicted molar refractivity (Wildman–Crippen MR) is 171 cm³/mol. The molecule has 1 aliphatic carbocycles. The van der Waals surface area contributed by atoms with Crippen LogP contribution in [0.2, 0.25) is 0 Å². The zero-order chi connectivity index (χ0) is 31.5. The maximum Gasteiger partial charge on any atom is 0.326 e. The van der Waals surface area contributed by atoms with E-state index in [4.69, 9.17) is 14.5 Å². The molecule has 238 valence electrons. The van der Waals surface area contributed by atoms with Crippen molar-refractivity contribution in [2.45, 2.75) is 111 Å². The second kappa shape index (κ2) is 16.7. The highest BCUT2D eigenvalue weighted by Gasteiger charge is 2.26. The smallest absolute Gasteiger partial charge is 0.326 e. The van der Waals surface area contributed by atoms with Gasteiger partial charge in [0.2, 0.25) is 0 Å². The van der Waals surface area contributed by atoms with Crippen LogP contribution in [0.4, 0.5) is 4.39 Å². The van der Waals surface area contributed by atoms with Gasteiger partial charge in [0.05, 0.1) is 23.7 Å². The number of ether oxygens (including phenoxy) is 2. The van der Waals surface area contributed by atoms with Gasteiger partial charge in [-0.3, -0.25) is 14.9 Å². The first-order valence-corrected chi connectivity index (χ1v) is 16.0. The average molecular weight is 599 g/mol. The van der Waals surface area contributed by atoms with Crippen LogP contribution in [0.25, 0.3) is 22.4 Å². The summed E-state index contributed by atoms with van der Waals surface area (Å²) in [6.07, 6.45) is 7.38. The molecule has 0 aliphatic heterocycles. The lowest BCUT2D eigenvalue weighted by atomic mass is 10.1. The van der Waals surface area contributed by atoms with E-state index in [9.17, 15) is 14.0 Å². The van der Waals surface area contributed by atoms with Gasteiger partial charge in [-0.05, 0) is 75.1 Å². The van der Waals surface area contributed by atoms with E-state index in [-0.39, 0.29) is 17.8 Å². The molecular formula is C34H51FN4O4. The monoisotopic (exact) mass is 598 g/mol. The standard InChI is InChI=1S/C32H45FN4O4.C2H6/c1-6-13-40-26(14-21(2)3)20-37-29-12-11-23(18-34-28(17-33)32(39)41-25-9-7-8-10-25)16-27(29)35-30(37)24-15-22(4)31(38)36(5)19-24;1-2/h11-12,15-16,19,21,25-26,28,34H,6-10,13-14,17-18,20H2,1-5H3;1-2H3. The first-order chi connectivity index (χ1) is 20.7. The molecule has 2 heterocycles. The molecule has 1 aromatic carbocycles. The van der Waals surface area contributed by atoms with Crippen molar-refractivity contribution in [1.82, 2.24) is 19.4 Å². The minimum absolute atomic E-state index is 0.0114. The largest absolute Gasteiger partial charge is 0.461 e. The van der Waals surface area contributed by atoms with Crippen molar-refractivity contribution in [3.05, 3.63) is 51.9 Å². The number of esters is 1. The summed E-state index contributed by atoms with van der Waals surface area (Å²) in [6, 6.07) is 6.85.